The molecule has 7 nitrogen and oxygen atoms in total. The van der Waals surface area contributed by atoms with E-state index in [1.54, 1.807) is 0 Å². The molecule has 0 aromatic carbocycles. The van der Waals surface area contributed by atoms with Gasteiger partial charge < -0.3 is 20.0 Å². The van der Waals surface area contributed by atoms with Gasteiger partial charge in [0.2, 0.25) is 11.8 Å². The van der Waals surface area contributed by atoms with Gasteiger partial charge in [-0.05, 0) is 13.0 Å². The predicted molar refractivity (Wildman–Crippen MR) is 61.5 cm³/mol. The molecule has 2 N–H and O–H groups in total. The van der Waals surface area contributed by atoms with Crippen molar-refractivity contribution in [3.8, 4) is 0 Å². The van der Waals surface area contributed by atoms with E-state index in [-0.39, 0.29) is 12.5 Å². The van der Waals surface area contributed by atoms with Crippen LogP contribution in [-0.2, 0) is 11.3 Å². The molecule has 2 heterocycles. The number of nitrogens with one attached hydrogen (secondary N) is 2. The minimum atomic E-state index is -0.00562. The molecule has 0 atom stereocenters. The second-order valence-corrected chi connectivity index (χ2v) is 3.88. The summed E-state index contributed by atoms with van der Waals surface area (Å²) in [5.74, 6) is 0.542. The Labute approximate surface area is 99.6 Å². The van der Waals surface area contributed by atoms with Gasteiger partial charge in [-0.3, -0.25) is 4.79 Å². The number of carbonyl (C=O) groups is 1. The normalized spacial score (nSPS) is 16.8. The Hall–Kier alpha value is -1.63. The van der Waals surface area contributed by atoms with Gasteiger partial charge in [0.15, 0.2) is 0 Å². The number of anilines is 1. The Morgan fingerprint density at radius 1 is 1.53 bits per heavy atom. The van der Waals surface area contributed by atoms with E-state index in [1.807, 2.05) is 11.8 Å². The van der Waals surface area contributed by atoms with Crippen LogP contribution in [0.1, 0.15) is 19.2 Å². The number of carbonyl (C=O) groups excluding carboxylic acids is 1. The molecule has 0 saturated carbocycles. The maximum Gasteiger partial charge on any atom is 0.318 e. The SMILES string of the molecule is CCNCc1nnc(N2CCCNC(=O)C2)o1. The second kappa shape index (κ2) is 5.62. The van der Waals surface area contributed by atoms with Crippen LogP contribution in [0, 0.1) is 0 Å². The molecule has 2 rings (SSSR count). The number of hydrogen-bond acceptors (Lipinski definition) is 6. The van der Waals surface area contributed by atoms with Gasteiger partial charge in [-0.2, -0.15) is 0 Å². The highest BCUT2D eigenvalue weighted by molar-refractivity contribution is 5.80. The lowest BCUT2D eigenvalue weighted by Crippen LogP contribution is -2.33. The summed E-state index contributed by atoms with van der Waals surface area (Å²) in [5, 5.41) is 13.8. The highest BCUT2D eigenvalue weighted by atomic mass is 16.4. The number of rotatable bonds is 4. The zero-order chi connectivity index (χ0) is 12.1. The fourth-order valence-electron chi connectivity index (χ4n) is 1.65. The molecule has 0 unspecified atom stereocenters. The smallest absolute Gasteiger partial charge is 0.318 e. The maximum absolute atomic E-state index is 11.4. The zero-order valence-electron chi connectivity index (χ0n) is 9.90. The quantitative estimate of drug-likeness (QED) is 0.737. The van der Waals surface area contributed by atoms with Crippen LogP contribution in [0.15, 0.2) is 4.42 Å². The minimum Gasteiger partial charge on any atom is -0.407 e. The van der Waals surface area contributed by atoms with Gasteiger partial charge in [-0.15, -0.1) is 5.10 Å². The Kier molecular flexibility index (Phi) is 3.92. The summed E-state index contributed by atoms with van der Waals surface area (Å²) in [6, 6.07) is 0.426. The lowest BCUT2D eigenvalue weighted by molar-refractivity contribution is -0.119. The molecule has 1 amide bonds. The molecule has 94 valence electrons. The molecule has 1 aromatic rings. The van der Waals surface area contributed by atoms with E-state index in [2.05, 4.69) is 20.8 Å². The first-order valence-electron chi connectivity index (χ1n) is 5.84. The largest absolute Gasteiger partial charge is 0.407 e. The molecule has 1 aliphatic rings. The van der Waals surface area contributed by atoms with Gasteiger partial charge in [0, 0.05) is 13.1 Å². The van der Waals surface area contributed by atoms with Crippen LogP contribution in [-0.4, -0.2) is 42.3 Å². The van der Waals surface area contributed by atoms with Crippen molar-refractivity contribution in [1.82, 2.24) is 20.8 Å². The minimum absolute atomic E-state index is 0.00562. The van der Waals surface area contributed by atoms with E-state index in [0.717, 1.165) is 19.5 Å². The number of hydrogen-bond donors (Lipinski definition) is 2. The summed E-state index contributed by atoms with van der Waals surface area (Å²) in [4.78, 5) is 13.2. The summed E-state index contributed by atoms with van der Waals surface area (Å²) >= 11 is 0. The van der Waals surface area contributed by atoms with Crippen LogP contribution < -0.4 is 15.5 Å². The standard InChI is InChI=1S/C10H17N5O2/c1-2-11-6-9-13-14-10(17-9)15-5-3-4-12-8(16)7-15/h11H,2-7H2,1H3,(H,12,16). The van der Waals surface area contributed by atoms with Crippen LogP contribution in [0.2, 0.25) is 0 Å². The van der Waals surface area contributed by atoms with E-state index in [9.17, 15) is 4.79 Å². The van der Waals surface area contributed by atoms with E-state index < -0.39 is 0 Å². The van der Waals surface area contributed by atoms with Crippen LogP contribution in [0.3, 0.4) is 0 Å². The summed E-state index contributed by atoms with van der Waals surface area (Å²) in [5.41, 5.74) is 0. The lowest BCUT2D eigenvalue weighted by atomic mass is 10.4. The van der Waals surface area contributed by atoms with Gasteiger partial charge in [0.05, 0.1) is 6.54 Å². The Morgan fingerprint density at radius 2 is 2.41 bits per heavy atom. The molecular weight excluding hydrogens is 222 g/mol. The van der Waals surface area contributed by atoms with Crippen LogP contribution in [0.4, 0.5) is 6.01 Å². The van der Waals surface area contributed by atoms with Crippen molar-refractivity contribution in [2.75, 3.05) is 31.1 Å². The monoisotopic (exact) mass is 239 g/mol. The van der Waals surface area contributed by atoms with Crippen molar-refractivity contribution < 1.29 is 9.21 Å². The molecule has 1 aliphatic heterocycles. The maximum atomic E-state index is 11.4. The van der Waals surface area contributed by atoms with E-state index in [1.165, 1.54) is 0 Å². The summed E-state index contributed by atoms with van der Waals surface area (Å²) < 4.78 is 5.49. The second-order valence-electron chi connectivity index (χ2n) is 3.88. The van der Waals surface area contributed by atoms with Crippen LogP contribution >= 0.6 is 0 Å². The van der Waals surface area contributed by atoms with Crippen molar-refractivity contribution in [1.29, 1.82) is 0 Å². The number of nitrogens with zero attached hydrogens (tertiary/aromatic N) is 3. The fraction of sp³-hybridized carbons (Fsp3) is 0.700. The summed E-state index contributed by atoms with van der Waals surface area (Å²) in [7, 11) is 0. The van der Waals surface area contributed by atoms with Gasteiger partial charge in [0.25, 0.3) is 0 Å². The molecule has 0 aliphatic carbocycles. The Balaban J connectivity index is 2.00. The average Bonchev–Trinajstić information content (AvgIpc) is 2.69. The summed E-state index contributed by atoms with van der Waals surface area (Å²) in [6.45, 7) is 5.15. The fourth-order valence-corrected chi connectivity index (χ4v) is 1.65. The number of aromatic nitrogens is 2. The summed E-state index contributed by atoms with van der Waals surface area (Å²) in [6.07, 6.45) is 0.886. The highest BCUT2D eigenvalue weighted by Gasteiger charge is 2.19. The van der Waals surface area contributed by atoms with Gasteiger partial charge in [-0.25, -0.2) is 0 Å². The van der Waals surface area contributed by atoms with Gasteiger partial charge in [0.1, 0.15) is 6.54 Å². The Morgan fingerprint density at radius 3 is 3.24 bits per heavy atom. The van der Waals surface area contributed by atoms with E-state index >= 15 is 0 Å². The van der Waals surface area contributed by atoms with Crippen molar-refractivity contribution in [3.05, 3.63) is 5.89 Å². The van der Waals surface area contributed by atoms with Gasteiger partial charge >= 0.3 is 6.01 Å². The molecule has 1 aromatic heterocycles. The average molecular weight is 239 g/mol. The molecule has 0 radical (unpaired) electrons. The molecule has 17 heavy (non-hydrogen) atoms. The van der Waals surface area contributed by atoms with Crippen LogP contribution in [0.5, 0.6) is 0 Å². The predicted octanol–water partition coefficient (Wildman–Crippen LogP) is -0.495. The molecule has 0 spiro atoms. The first-order chi connectivity index (χ1) is 8.29. The van der Waals surface area contributed by atoms with Crippen molar-refractivity contribution in [3.63, 3.8) is 0 Å². The third-order valence-electron chi connectivity index (χ3n) is 2.51. The number of amides is 1. The van der Waals surface area contributed by atoms with Crippen molar-refractivity contribution >= 4 is 11.9 Å². The highest BCUT2D eigenvalue weighted by Crippen LogP contribution is 2.13. The third kappa shape index (κ3) is 3.16. The van der Waals surface area contributed by atoms with Gasteiger partial charge in [-0.1, -0.05) is 12.0 Å². The van der Waals surface area contributed by atoms with Crippen molar-refractivity contribution in [2.45, 2.75) is 19.9 Å². The molecule has 1 fully saturated rings. The lowest BCUT2D eigenvalue weighted by Gasteiger charge is -2.14. The third-order valence-corrected chi connectivity index (χ3v) is 2.51. The topological polar surface area (TPSA) is 83.3 Å². The van der Waals surface area contributed by atoms with Crippen molar-refractivity contribution in [2.24, 2.45) is 0 Å². The first kappa shape index (κ1) is 11.8. The van der Waals surface area contributed by atoms with E-state index in [4.69, 9.17) is 4.42 Å². The zero-order valence-corrected chi connectivity index (χ0v) is 9.90. The van der Waals surface area contributed by atoms with Crippen LogP contribution in [0.25, 0.3) is 0 Å². The Bertz CT molecular complexity index is 379. The molecule has 1 saturated heterocycles. The first-order valence-corrected chi connectivity index (χ1v) is 5.84. The molecule has 7 heteroatoms. The van der Waals surface area contributed by atoms with E-state index in [0.29, 0.717) is 25.0 Å². The molecular formula is C10H17N5O2. The molecule has 0 bridgehead atoms.